The minimum absolute atomic E-state index is 0.133. The van der Waals surface area contributed by atoms with Crippen molar-refractivity contribution < 1.29 is 19.1 Å². The van der Waals surface area contributed by atoms with Crippen molar-refractivity contribution in [2.75, 3.05) is 25.5 Å². The van der Waals surface area contributed by atoms with Crippen molar-refractivity contribution in [1.29, 1.82) is 0 Å². The van der Waals surface area contributed by atoms with Crippen LogP contribution in [0.4, 0.5) is 10.5 Å². The highest BCUT2D eigenvalue weighted by Crippen LogP contribution is 2.20. The van der Waals surface area contributed by atoms with Gasteiger partial charge in [-0.15, -0.1) is 0 Å². The quantitative estimate of drug-likeness (QED) is 0.705. The van der Waals surface area contributed by atoms with Crippen molar-refractivity contribution in [3.05, 3.63) is 29.3 Å². The summed E-state index contributed by atoms with van der Waals surface area (Å²) in [6, 6.07) is 5.85. The van der Waals surface area contributed by atoms with E-state index in [-0.39, 0.29) is 23.8 Å². The molecular weight excluding hydrogens is 382 g/mol. The Balaban J connectivity index is 1.95. The number of halogens is 1. The topological polar surface area (TPSA) is 87.7 Å². The third kappa shape index (κ3) is 6.41. The molecule has 154 valence electrons. The van der Waals surface area contributed by atoms with Crippen LogP contribution in [0.15, 0.2) is 24.3 Å². The number of amides is 3. The van der Waals surface area contributed by atoms with Crippen molar-refractivity contribution in [1.82, 2.24) is 10.2 Å². The van der Waals surface area contributed by atoms with Crippen molar-refractivity contribution in [3.63, 3.8) is 0 Å². The fourth-order valence-corrected chi connectivity index (χ4v) is 3.35. The van der Waals surface area contributed by atoms with Gasteiger partial charge in [0.25, 0.3) is 0 Å². The van der Waals surface area contributed by atoms with Gasteiger partial charge in [-0.1, -0.05) is 25.4 Å². The number of carbonyl (C=O) groups is 3. The van der Waals surface area contributed by atoms with E-state index in [2.05, 4.69) is 10.6 Å². The normalized spacial score (nSPS) is 17.8. The smallest absolute Gasteiger partial charge is 0.328 e. The first-order valence-corrected chi connectivity index (χ1v) is 9.87. The second-order valence-electron chi connectivity index (χ2n) is 7.44. The van der Waals surface area contributed by atoms with Crippen LogP contribution < -0.4 is 10.6 Å². The Bertz CT molecular complexity index is 693. The van der Waals surface area contributed by atoms with Crippen LogP contribution in [-0.4, -0.2) is 49.0 Å². The lowest BCUT2D eigenvalue weighted by molar-refractivity contribution is -0.143. The molecule has 1 heterocycles. The zero-order valence-electron chi connectivity index (χ0n) is 16.5. The summed E-state index contributed by atoms with van der Waals surface area (Å²) in [5.41, 5.74) is 0.665. The number of benzene rings is 1. The van der Waals surface area contributed by atoms with Gasteiger partial charge in [-0.25, -0.2) is 9.59 Å². The first kappa shape index (κ1) is 22.0. The molecule has 7 nitrogen and oxygen atoms in total. The summed E-state index contributed by atoms with van der Waals surface area (Å²) in [4.78, 5) is 38.7. The van der Waals surface area contributed by atoms with E-state index >= 15 is 0 Å². The van der Waals surface area contributed by atoms with Gasteiger partial charge in [0.2, 0.25) is 5.91 Å². The minimum Gasteiger partial charge on any atom is -0.467 e. The van der Waals surface area contributed by atoms with E-state index in [1.165, 1.54) is 7.11 Å². The van der Waals surface area contributed by atoms with E-state index in [1.807, 2.05) is 13.8 Å². The third-order valence-corrected chi connectivity index (χ3v) is 4.93. The highest BCUT2D eigenvalue weighted by Gasteiger charge is 2.31. The summed E-state index contributed by atoms with van der Waals surface area (Å²) in [5, 5.41) is 6.21. The van der Waals surface area contributed by atoms with Crippen LogP contribution >= 0.6 is 11.6 Å². The van der Waals surface area contributed by atoms with Crippen LogP contribution in [0.2, 0.25) is 5.02 Å². The average Bonchev–Trinajstić information content (AvgIpc) is 2.68. The van der Waals surface area contributed by atoms with E-state index in [0.29, 0.717) is 36.6 Å². The minimum atomic E-state index is -0.694. The number of rotatable bonds is 6. The van der Waals surface area contributed by atoms with Crippen molar-refractivity contribution in [3.8, 4) is 0 Å². The van der Waals surface area contributed by atoms with E-state index in [0.717, 1.165) is 6.42 Å². The van der Waals surface area contributed by atoms with Gasteiger partial charge in [0.05, 0.1) is 13.0 Å². The van der Waals surface area contributed by atoms with Crippen molar-refractivity contribution >= 4 is 35.2 Å². The molecule has 2 atom stereocenters. The van der Waals surface area contributed by atoms with Crippen molar-refractivity contribution in [2.45, 2.75) is 39.2 Å². The maximum absolute atomic E-state index is 12.6. The highest BCUT2D eigenvalue weighted by molar-refractivity contribution is 6.30. The molecule has 0 aliphatic carbocycles. The number of anilines is 1. The summed E-state index contributed by atoms with van der Waals surface area (Å²) in [6.45, 7) is 4.80. The second-order valence-corrected chi connectivity index (χ2v) is 7.87. The second kappa shape index (κ2) is 10.3. The molecule has 1 aliphatic rings. The fourth-order valence-electron chi connectivity index (χ4n) is 3.22. The monoisotopic (exact) mass is 409 g/mol. The molecule has 1 saturated heterocycles. The predicted molar refractivity (Wildman–Crippen MR) is 108 cm³/mol. The van der Waals surface area contributed by atoms with Gasteiger partial charge in [-0.05, 0) is 49.4 Å². The number of piperidine rings is 1. The van der Waals surface area contributed by atoms with E-state index in [9.17, 15) is 14.4 Å². The van der Waals surface area contributed by atoms with Gasteiger partial charge in [-0.2, -0.15) is 0 Å². The Hall–Kier alpha value is -2.28. The zero-order valence-corrected chi connectivity index (χ0v) is 17.3. The van der Waals surface area contributed by atoms with Gasteiger partial charge >= 0.3 is 12.0 Å². The average molecular weight is 410 g/mol. The number of esters is 1. The molecule has 0 spiro atoms. The number of urea groups is 1. The lowest BCUT2D eigenvalue weighted by Crippen LogP contribution is -2.52. The molecule has 1 unspecified atom stereocenters. The number of hydrogen-bond donors (Lipinski definition) is 2. The highest BCUT2D eigenvalue weighted by atomic mass is 35.5. The van der Waals surface area contributed by atoms with Gasteiger partial charge in [-0.3, -0.25) is 4.79 Å². The van der Waals surface area contributed by atoms with Crippen LogP contribution in [0.3, 0.4) is 0 Å². The molecule has 28 heavy (non-hydrogen) atoms. The molecule has 1 aromatic carbocycles. The van der Waals surface area contributed by atoms with E-state index < -0.39 is 12.0 Å². The predicted octanol–water partition coefficient (Wildman–Crippen LogP) is 3.29. The summed E-state index contributed by atoms with van der Waals surface area (Å²) in [6.07, 6.45) is 1.92. The maximum Gasteiger partial charge on any atom is 0.328 e. The number of methoxy groups -OCH3 is 1. The molecule has 8 heteroatoms. The van der Waals surface area contributed by atoms with Gasteiger partial charge in [0.15, 0.2) is 0 Å². The SMILES string of the molecule is COC(=O)[C@H](CC(C)C)NC(=O)N1CCCC(C(=O)Nc2ccc(Cl)cc2)C1. The van der Waals surface area contributed by atoms with Crippen LogP contribution in [0.5, 0.6) is 0 Å². The summed E-state index contributed by atoms with van der Waals surface area (Å²) >= 11 is 5.86. The van der Waals surface area contributed by atoms with Crippen LogP contribution in [0.1, 0.15) is 33.1 Å². The zero-order chi connectivity index (χ0) is 20.7. The van der Waals surface area contributed by atoms with Crippen LogP contribution in [0, 0.1) is 11.8 Å². The number of nitrogens with one attached hydrogen (secondary N) is 2. The molecule has 1 fully saturated rings. The number of ether oxygens (including phenoxy) is 1. The molecule has 2 N–H and O–H groups in total. The van der Waals surface area contributed by atoms with Gasteiger partial charge in [0.1, 0.15) is 6.04 Å². The summed E-state index contributed by atoms with van der Waals surface area (Å²) in [7, 11) is 1.31. The van der Waals surface area contributed by atoms with Crippen molar-refractivity contribution in [2.24, 2.45) is 11.8 Å². The molecule has 1 aliphatic heterocycles. The molecule has 0 bridgehead atoms. The largest absolute Gasteiger partial charge is 0.467 e. The third-order valence-electron chi connectivity index (χ3n) is 4.68. The lowest BCUT2D eigenvalue weighted by atomic mass is 9.97. The number of nitrogens with zero attached hydrogens (tertiary/aromatic N) is 1. The summed E-state index contributed by atoms with van der Waals surface area (Å²) in [5.74, 6) is -0.678. The van der Waals surface area contributed by atoms with E-state index in [4.69, 9.17) is 16.3 Å². The molecular formula is C20H28ClN3O4. The molecule has 0 aromatic heterocycles. The standard InChI is InChI=1S/C20H28ClN3O4/c1-13(2)11-17(19(26)28-3)23-20(27)24-10-4-5-14(12-24)18(25)22-16-8-6-15(21)7-9-16/h6-9,13-14,17H,4-5,10-12H2,1-3H3,(H,22,25)(H,23,27)/t14?,17-/m0/s1. The van der Waals surface area contributed by atoms with Gasteiger partial charge < -0.3 is 20.3 Å². The van der Waals surface area contributed by atoms with Gasteiger partial charge in [0, 0.05) is 23.8 Å². The maximum atomic E-state index is 12.6. The number of hydrogen-bond acceptors (Lipinski definition) is 4. The molecule has 0 radical (unpaired) electrons. The molecule has 2 rings (SSSR count). The van der Waals surface area contributed by atoms with E-state index in [1.54, 1.807) is 29.2 Å². The first-order chi connectivity index (χ1) is 13.3. The summed E-state index contributed by atoms with van der Waals surface area (Å²) < 4.78 is 4.79. The Kier molecular flexibility index (Phi) is 8.11. The molecule has 3 amide bonds. The van der Waals surface area contributed by atoms with Crippen LogP contribution in [0.25, 0.3) is 0 Å². The Morgan fingerprint density at radius 3 is 2.54 bits per heavy atom. The Morgan fingerprint density at radius 2 is 1.93 bits per heavy atom. The Morgan fingerprint density at radius 1 is 1.25 bits per heavy atom. The molecule has 1 aromatic rings. The molecule has 0 saturated carbocycles. The fraction of sp³-hybridized carbons (Fsp3) is 0.550. The number of likely N-dealkylation sites (tertiary alicyclic amines) is 1. The van der Waals surface area contributed by atoms with Crippen LogP contribution in [-0.2, 0) is 14.3 Å². The lowest BCUT2D eigenvalue weighted by Gasteiger charge is -2.33. The Labute approximate surface area is 170 Å². The first-order valence-electron chi connectivity index (χ1n) is 9.49. The number of carbonyl (C=O) groups excluding carboxylic acids is 3.